The number of nitrogens with one attached hydrogen (secondary N) is 2. The van der Waals surface area contributed by atoms with E-state index in [4.69, 9.17) is 5.73 Å². The normalized spacial score (nSPS) is 10.2. The van der Waals surface area contributed by atoms with Crippen molar-refractivity contribution in [1.82, 2.24) is 25.7 Å². The Morgan fingerprint density at radius 3 is 2.68 bits per heavy atom. The first-order valence-corrected chi connectivity index (χ1v) is 6.45. The first kappa shape index (κ1) is 13.6. The minimum Gasteiger partial charge on any atom is -0.305 e. The predicted molar refractivity (Wildman–Crippen MR) is 80.2 cm³/mol. The van der Waals surface area contributed by atoms with Crippen LogP contribution in [0.25, 0.3) is 11.3 Å². The number of aromatic nitrogens is 4. The number of pyridine rings is 2. The smallest absolute Gasteiger partial charge is 0.279 e. The SMILES string of the molecule is [NH]c1ncc(-c2cccnc2)nc1C(=O)Nc1ccccn1. The van der Waals surface area contributed by atoms with Crippen molar-refractivity contribution in [3.05, 3.63) is 60.8 Å². The van der Waals surface area contributed by atoms with E-state index in [1.807, 2.05) is 0 Å². The van der Waals surface area contributed by atoms with Gasteiger partial charge in [-0.05, 0) is 24.3 Å². The van der Waals surface area contributed by atoms with E-state index in [0.29, 0.717) is 11.5 Å². The predicted octanol–water partition coefficient (Wildman–Crippen LogP) is 2.10. The first-order chi connectivity index (χ1) is 10.7. The molecule has 22 heavy (non-hydrogen) atoms. The summed E-state index contributed by atoms with van der Waals surface area (Å²) >= 11 is 0. The van der Waals surface area contributed by atoms with Crippen LogP contribution in [-0.2, 0) is 0 Å². The highest BCUT2D eigenvalue weighted by molar-refractivity contribution is 6.05. The number of anilines is 1. The molecule has 0 saturated carbocycles. The van der Waals surface area contributed by atoms with Gasteiger partial charge in [-0.2, -0.15) is 0 Å². The van der Waals surface area contributed by atoms with E-state index >= 15 is 0 Å². The van der Waals surface area contributed by atoms with E-state index in [-0.39, 0.29) is 11.5 Å². The van der Waals surface area contributed by atoms with Crippen LogP contribution in [0.5, 0.6) is 0 Å². The molecule has 0 aliphatic rings. The zero-order valence-electron chi connectivity index (χ0n) is 11.4. The second kappa shape index (κ2) is 5.96. The summed E-state index contributed by atoms with van der Waals surface area (Å²) in [4.78, 5) is 28.4. The molecule has 3 aromatic rings. The Balaban J connectivity index is 1.91. The van der Waals surface area contributed by atoms with E-state index in [9.17, 15) is 4.79 Å². The van der Waals surface area contributed by atoms with E-state index in [1.54, 1.807) is 48.9 Å². The van der Waals surface area contributed by atoms with Crippen LogP contribution in [0.15, 0.2) is 55.1 Å². The summed E-state index contributed by atoms with van der Waals surface area (Å²) in [5, 5.41) is 2.59. The highest BCUT2D eigenvalue weighted by atomic mass is 16.2. The van der Waals surface area contributed by atoms with Gasteiger partial charge < -0.3 is 5.32 Å². The largest absolute Gasteiger partial charge is 0.305 e. The highest BCUT2D eigenvalue weighted by Gasteiger charge is 2.15. The van der Waals surface area contributed by atoms with Crippen LogP contribution >= 0.6 is 0 Å². The molecule has 2 N–H and O–H groups in total. The van der Waals surface area contributed by atoms with Gasteiger partial charge in [-0.1, -0.05) is 6.07 Å². The summed E-state index contributed by atoms with van der Waals surface area (Å²) in [6.45, 7) is 0. The van der Waals surface area contributed by atoms with Crippen molar-refractivity contribution in [3.63, 3.8) is 0 Å². The number of amides is 1. The lowest BCUT2D eigenvalue weighted by Crippen LogP contribution is -2.16. The number of carbonyl (C=O) groups excluding carboxylic acids is 1. The molecular weight excluding hydrogens is 280 g/mol. The molecule has 3 heterocycles. The van der Waals surface area contributed by atoms with Crippen molar-refractivity contribution < 1.29 is 4.79 Å². The molecule has 107 valence electrons. The van der Waals surface area contributed by atoms with Crippen LogP contribution in [0.1, 0.15) is 10.5 Å². The van der Waals surface area contributed by atoms with Gasteiger partial charge in [0.05, 0.1) is 11.9 Å². The maximum Gasteiger partial charge on any atom is 0.279 e. The summed E-state index contributed by atoms with van der Waals surface area (Å²) < 4.78 is 0. The van der Waals surface area contributed by atoms with Crippen molar-refractivity contribution >= 4 is 17.5 Å². The standard InChI is InChI=1S/C15H11N6O/c16-14-13(15(22)21-12-5-1-2-7-18-12)20-11(9-19-14)10-4-3-6-17-8-10/h1-9,16H,(H,18,21,22). The van der Waals surface area contributed by atoms with Gasteiger partial charge in [-0.15, -0.1) is 0 Å². The van der Waals surface area contributed by atoms with Crippen molar-refractivity contribution in [1.29, 1.82) is 0 Å². The third-order valence-electron chi connectivity index (χ3n) is 2.85. The van der Waals surface area contributed by atoms with Crippen LogP contribution in [-0.4, -0.2) is 25.8 Å². The summed E-state index contributed by atoms with van der Waals surface area (Å²) in [6.07, 6.45) is 6.27. The molecular formula is C15H11N6O. The Kier molecular flexibility index (Phi) is 3.69. The van der Waals surface area contributed by atoms with Gasteiger partial charge in [-0.3, -0.25) is 15.5 Å². The molecule has 0 saturated heterocycles. The molecule has 0 aliphatic heterocycles. The molecule has 0 unspecified atom stereocenters. The second-order valence-corrected chi connectivity index (χ2v) is 4.36. The van der Waals surface area contributed by atoms with Gasteiger partial charge in [0.1, 0.15) is 5.82 Å². The van der Waals surface area contributed by atoms with E-state index in [2.05, 4.69) is 25.3 Å². The molecule has 0 aromatic carbocycles. The maximum atomic E-state index is 12.2. The lowest BCUT2D eigenvalue weighted by Gasteiger charge is -2.07. The summed E-state index contributed by atoms with van der Waals surface area (Å²) in [6, 6.07) is 8.72. The summed E-state index contributed by atoms with van der Waals surface area (Å²) in [7, 11) is 0. The number of hydrogen-bond acceptors (Lipinski definition) is 5. The van der Waals surface area contributed by atoms with Gasteiger partial charge in [0.2, 0.25) is 0 Å². The minimum atomic E-state index is -0.526. The van der Waals surface area contributed by atoms with Gasteiger partial charge in [0.25, 0.3) is 5.91 Å². The Hall–Kier alpha value is -3.35. The average Bonchev–Trinajstić information content (AvgIpc) is 2.57. The maximum absolute atomic E-state index is 12.2. The third-order valence-corrected chi connectivity index (χ3v) is 2.85. The molecule has 0 atom stereocenters. The molecule has 3 rings (SSSR count). The van der Waals surface area contributed by atoms with Gasteiger partial charge in [-0.25, -0.2) is 15.0 Å². The van der Waals surface area contributed by atoms with Gasteiger partial charge in [0.15, 0.2) is 11.5 Å². The fourth-order valence-electron chi connectivity index (χ4n) is 1.81. The van der Waals surface area contributed by atoms with Crippen LogP contribution in [0.2, 0.25) is 0 Å². The van der Waals surface area contributed by atoms with Crippen molar-refractivity contribution in [2.75, 3.05) is 5.32 Å². The molecule has 1 radical (unpaired) electrons. The van der Waals surface area contributed by atoms with E-state index < -0.39 is 5.91 Å². The van der Waals surface area contributed by atoms with Crippen LogP contribution in [0.3, 0.4) is 0 Å². The first-order valence-electron chi connectivity index (χ1n) is 6.45. The topological polar surface area (TPSA) is 104 Å². The molecule has 7 nitrogen and oxygen atoms in total. The van der Waals surface area contributed by atoms with Crippen LogP contribution in [0, 0.1) is 0 Å². The molecule has 0 bridgehead atoms. The zero-order chi connectivity index (χ0) is 15.4. The van der Waals surface area contributed by atoms with E-state index in [1.165, 1.54) is 6.20 Å². The van der Waals surface area contributed by atoms with Gasteiger partial charge in [0, 0.05) is 24.2 Å². The molecule has 3 aromatic heterocycles. The summed E-state index contributed by atoms with van der Waals surface area (Å²) in [5.74, 6) is -0.330. The monoisotopic (exact) mass is 291 g/mol. The zero-order valence-corrected chi connectivity index (χ0v) is 11.4. The minimum absolute atomic E-state index is 0.0630. The average molecular weight is 291 g/mol. The molecule has 0 spiro atoms. The number of rotatable bonds is 3. The molecule has 0 aliphatic carbocycles. The highest BCUT2D eigenvalue weighted by Crippen LogP contribution is 2.18. The summed E-state index contributed by atoms with van der Waals surface area (Å²) in [5.41, 5.74) is 8.90. The van der Waals surface area contributed by atoms with Crippen molar-refractivity contribution in [2.24, 2.45) is 0 Å². The Morgan fingerprint density at radius 2 is 1.95 bits per heavy atom. The Labute approximate surface area is 126 Å². The van der Waals surface area contributed by atoms with E-state index in [0.717, 1.165) is 5.56 Å². The molecule has 1 amide bonds. The van der Waals surface area contributed by atoms with Crippen LogP contribution < -0.4 is 11.1 Å². The molecule has 7 heteroatoms. The Morgan fingerprint density at radius 1 is 1.05 bits per heavy atom. The fraction of sp³-hybridized carbons (Fsp3) is 0. The third kappa shape index (κ3) is 2.88. The number of nitrogens with zero attached hydrogens (tertiary/aromatic N) is 4. The lowest BCUT2D eigenvalue weighted by molar-refractivity contribution is 0.102. The second-order valence-electron chi connectivity index (χ2n) is 4.36. The lowest BCUT2D eigenvalue weighted by atomic mass is 10.2. The van der Waals surface area contributed by atoms with Crippen molar-refractivity contribution in [3.8, 4) is 11.3 Å². The van der Waals surface area contributed by atoms with Crippen LogP contribution in [0.4, 0.5) is 11.6 Å². The Bertz CT molecular complexity index is 792. The fourth-order valence-corrected chi connectivity index (χ4v) is 1.81. The quantitative estimate of drug-likeness (QED) is 0.795. The van der Waals surface area contributed by atoms with Gasteiger partial charge >= 0.3 is 0 Å². The van der Waals surface area contributed by atoms with Crippen molar-refractivity contribution in [2.45, 2.75) is 0 Å². The number of carbonyl (C=O) groups is 1. The molecule has 0 fully saturated rings. The number of hydrogen-bond donors (Lipinski definition) is 1.